The van der Waals surface area contributed by atoms with Crippen LogP contribution < -0.4 is 0 Å². The van der Waals surface area contributed by atoms with Crippen LogP contribution in [0.25, 0.3) is 11.1 Å². The summed E-state index contributed by atoms with van der Waals surface area (Å²) in [5, 5.41) is 45.0. The average molecular weight is 561 g/mol. The van der Waals surface area contributed by atoms with Gasteiger partial charge in [-0.3, -0.25) is 4.79 Å². The van der Waals surface area contributed by atoms with E-state index in [1.807, 2.05) is 18.2 Å². The quantitative estimate of drug-likeness (QED) is 0.317. The lowest BCUT2D eigenvalue weighted by Gasteiger charge is -2.64. The lowest BCUT2D eigenvalue weighted by molar-refractivity contribution is -0.238. The fourth-order valence-corrected chi connectivity index (χ4v) is 10.7. The molecule has 0 saturated heterocycles. The Bertz CT molecular complexity index is 1240. The molecule has 0 aliphatic heterocycles. The zero-order chi connectivity index (χ0) is 29.2. The molecule has 5 nitrogen and oxygen atoms in total. The molecule has 0 spiro atoms. The number of hydrogen-bond donors (Lipinski definition) is 4. The van der Waals surface area contributed by atoms with Gasteiger partial charge in [0.15, 0.2) is 0 Å². The summed E-state index contributed by atoms with van der Waals surface area (Å²) in [6, 6.07) is 18.7. The monoisotopic (exact) mass is 560 g/mol. The number of carboxylic acids is 1. The highest BCUT2D eigenvalue weighted by molar-refractivity contribution is 5.66. The number of carboxylic acid groups (broad SMARTS) is 1. The molecule has 0 amide bonds. The van der Waals surface area contributed by atoms with Crippen LogP contribution in [0.2, 0.25) is 0 Å². The second-order valence-corrected chi connectivity index (χ2v) is 14.7. The van der Waals surface area contributed by atoms with Crippen LogP contribution in [0.1, 0.15) is 84.1 Å². The first-order valence-electron chi connectivity index (χ1n) is 16.0. The van der Waals surface area contributed by atoms with Crippen LogP contribution in [0.3, 0.4) is 0 Å². The van der Waals surface area contributed by atoms with E-state index in [1.165, 1.54) is 5.56 Å². The van der Waals surface area contributed by atoms with E-state index >= 15 is 0 Å². The van der Waals surface area contributed by atoms with Crippen LogP contribution in [-0.4, -0.2) is 38.6 Å². The minimum Gasteiger partial charge on any atom is -0.481 e. The molecule has 0 aromatic heterocycles. The highest BCUT2D eigenvalue weighted by atomic mass is 16.4. The van der Waals surface area contributed by atoms with Gasteiger partial charge in [-0.25, -0.2) is 0 Å². The number of fused-ring (bicyclic) bond motifs is 5. The number of aliphatic carboxylic acids is 1. The molecule has 2 aromatic rings. The summed E-state index contributed by atoms with van der Waals surface area (Å²) in [4.78, 5) is 11.3. The predicted molar refractivity (Wildman–Crippen MR) is 160 cm³/mol. The van der Waals surface area contributed by atoms with Gasteiger partial charge in [-0.05, 0) is 109 Å². The highest BCUT2D eigenvalue weighted by Crippen LogP contribution is 2.69. The molecule has 11 atom stereocenters. The molecular formula is C36H48O5. The average Bonchev–Trinajstić information content (AvgIpc) is 3.33. The van der Waals surface area contributed by atoms with Gasteiger partial charge in [0.25, 0.3) is 0 Å². The summed E-state index contributed by atoms with van der Waals surface area (Å²) in [6.07, 6.45) is 5.45. The van der Waals surface area contributed by atoms with Crippen molar-refractivity contribution in [3.05, 3.63) is 60.2 Å². The fraction of sp³-hybridized carbons (Fsp3) is 0.639. The first-order chi connectivity index (χ1) is 19.5. The number of aliphatic hydroxyl groups is 3. The number of rotatable bonds is 6. The van der Waals surface area contributed by atoms with E-state index in [9.17, 15) is 25.2 Å². The summed E-state index contributed by atoms with van der Waals surface area (Å²) >= 11 is 0. The molecular weight excluding hydrogens is 512 g/mol. The maximum Gasteiger partial charge on any atom is 0.303 e. The minimum atomic E-state index is -0.878. The molecule has 4 saturated carbocycles. The number of hydrogen-bond acceptors (Lipinski definition) is 4. The Morgan fingerprint density at radius 3 is 2.29 bits per heavy atom. The van der Waals surface area contributed by atoms with Gasteiger partial charge in [0.1, 0.15) is 0 Å². The molecule has 0 bridgehead atoms. The molecule has 4 N–H and O–H groups in total. The van der Waals surface area contributed by atoms with E-state index in [0.29, 0.717) is 31.1 Å². The molecule has 4 fully saturated rings. The summed E-state index contributed by atoms with van der Waals surface area (Å²) < 4.78 is 0. The van der Waals surface area contributed by atoms with Gasteiger partial charge in [-0.1, -0.05) is 75.4 Å². The topological polar surface area (TPSA) is 98.0 Å². The van der Waals surface area contributed by atoms with Gasteiger partial charge in [-0.2, -0.15) is 0 Å². The molecule has 5 heteroatoms. The normalized spacial score (nSPS) is 42.5. The van der Waals surface area contributed by atoms with E-state index in [2.05, 4.69) is 57.2 Å². The van der Waals surface area contributed by atoms with Crippen molar-refractivity contribution in [1.29, 1.82) is 0 Å². The van der Waals surface area contributed by atoms with Crippen molar-refractivity contribution >= 4 is 5.97 Å². The molecule has 41 heavy (non-hydrogen) atoms. The summed E-state index contributed by atoms with van der Waals surface area (Å²) in [6.45, 7) is 6.65. The number of benzene rings is 2. The van der Waals surface area contributed by atoms with Crippen molar-refractivity contribution < 1.29 is 25.2 Å². The lowest BCUT2D eigenvalue weighted by atomic mass is 9.42. The van der Waals surface area contributed by atoms with E-state index in [1.54, 1.807) is 0 Å². The third kappa shape index (κ3) is 4.58. The van der Waals surface area contributed by atoms with Crippen LogP contribution in [0.15, 0.2) is 54.6 Å². The van der Waals surface area contributed by atoms with E-state index < -0.39 is 29.2 Å². The third-order valence-corrected chi connectivity index (χ3v) is 12.9. The standard InChI is InChI=1S/C36H48O5/c1-22(9-18-30(37)38)28-16-17-29-27-15-14-26-21-36(41,25-12-10-24(11-13-25)23-7-5-4-6-8-23)20-19-34(26,2)31(27)32(39)33(40)35(28,29)3/h4-8,10-13,22,26-29,31-33,39-41H,9,14-21H2,1-3H3,(H,37,38)/t22-,26-,27+,28-,29+,31-,32?,33?,34+,35-,36-/m1/s1. The maximum absolute atomic E-state index is 12.0. The van der Waals surface area contributed by atoms with Crippen molar-refractivity contribution in [3.8, 4) is 11.1 Å². The van der Waals surface area contributed by atoms with E-state index in [-0.39, 0.29) is 35.5 Å². The zero-order valence-corrected chi connectivity index (χ0v) is 24.9. The van der Waals surface area contributed by atoms with E-state index in [0.717, 1.165) is 43.2 Å². The SMILES string of the molecule is C[C@H](CCC(=O)O)[C@H]1CC[C@H]2[C@@H]3CC[C@@H]4C[C@@](O)(c5ccc(-c6ccccc6)cc5)CC[C@]4(C)[C@H]3C(O)C(O)[C@]12C. The molecule has 4 aliphatic rings. The first kappa shape index (κ1) is 28.9. The fourth-order valence-electron chi connectivity index (χ4n) is 10.7. The Balaban J connectivity index is 1.22. The molecule has 222 valence electrons. The Labute approximate surface area is 245 Å². The molecule has 2 aromatic carbocycles. The molecule has 4 aliphatic carbocycles. The lowest BCUT2D eigenvalue weighted by Crippen LogP contribution is -2.65. The van der Waals surface area contributed by atoms with Gasteiger partial charge >= 0.3 is 5.97 Å². The molecule has 0 radical (unpaired) electrons. The van der Waals surface area contributed by atoms with Crippen molar-refractivity contribution in [3.63, 3.8) is 0 Å². The number of aliphatic hydroxyl groups excluding tert-OH is 2. The van der Waals surface area contributed by atoms with Gasteiger partial charge < -0.3 is 20.4 Å². The van der Waals surface area contributed by atoms with Gasteiger partial charge in [0, 0.05) is 11.8 Å². The summed E-state index contributed by atoms with van der Waals surface area (Å²) in [7, 11) is 0. The van der Waals surface area contributed by atoms with Crippen LogP contribution >= 0.6 is 0 Å². The number of carbonyl (C=O) groups is 1. The van der Waals surface area contributed by atoms with Crippen molar-refractivity contribution in [1.82, 2.24) is 0 Å². The molecule has 6 rings (SSSR count). The van der Waals surface area contributed by atoms with Gasteiger partial charge in [0.05, 0.1) is 17.8 Å². The van der Waals surface area contributed by atoms with Gasteiger partial charge in [-0.15, -0.1) is 0 Å². The maximum atomic E-state index is 12.0. The van der Waals surface area contributed by atoms with Crippen molar-refractivity contribution in [2.45, 2.75) is 96.4 Å². The Morgan fingerprint density at radius 2 is 1.61 bits per heavy atom. The zero-order valence-electron chi connectivity index (χ0n) is 24.9. The summed E-state index contributed by atoms with van der Waals surface area (Å²) in [5.41, 5.74) is 1.89. The second kappa shape index (κ2) is 10.5. The Morgan fingerprint density at radius 1 is 0.927 bits per heavy atom. The van der Waals surface area contributed by atoms with Crippen LogP contribution in [0.5, 0.6) is 0 Å². The second-order valence-electron chi connectivity index (χ2n) is 14.7. The van der Waals surface area contributed by atoms with Crippen molar-refractivity contribution in [2.24, 2.45) is 46.3 Å². The molecule has 0 heterocycles. The predicted octanol–water partition coefficient (Wildman–Crippen LogP) is 6.64. The third-order valence-electron chi connectivity index (χ3n) is 12.9. The Hall–Kier alpha value is -2.21. The van der Waals surface area contributed by atoms with Crippen molar-refractivity contribution in [2.75, 3.05) is 0 Å². The summed E-state index contributed by atoms with van der Waals surface area (Å²) in [5.74, 6) is 0.653. The van der Waals surface area contributed by atoms with Crippen LogP contribution in [-0.2, 0) is 10.4 Å². The molecule has 2 unspecified atom stereocenters. The van der Waals surface area contributed by atoms with Crippen LogP contribution in [0.4, 0.5) is 0 Å². The minimum absolute atomic E-state index is 0.0207. The van der Waals surface area contributed by atoms with Gasteiger partial charge in [0.2, 0.25) is 0 Å². The highest BCUT2D eigenvalue weighted by Gasteiger charge is 2.67. The smallest absolute Gasteiger partial charge is 0.303 e. The van der Waals surface area contributed by atoms with E-state index in [4.69, 9.17) is 0 Å². The van der Waals surface area contributed by atoms with Crippen LogP contribution in [0, 0.1) is 46.3 Å². The Kier molecular flexibility index (Phi) is 7.40. The largest absolute Gasteiger partial charge is 0.481 e. The first-order valence-corrected chi connectivity index (χ1v) is 16.0.